The zero-order valence-electron chi connectivity index (χ0n) is 16.2. The summed E-state index contributed by atoms with van der Waals surface area (Å²) in [5, 5.41) is 4.08. The van der Waals surface area contributed by atoms with Crippen molar-refractivity contribution in [3.63, 3.8) is 0 Å². The Morgan fingerprint density at radius 3 is 2.63 bits per heavy atom. The maximum absolute atomic E-state index is 6.29. The predicted octanol–water partition coefficient (Wildman–Crippen LogP) is 4.92. The zero-order valence-corrected chi connectivity index (χ0v) is 17.8. The van der Waals surface area contributed by atoms with Crippen molar-refractivity contribution in [1.29, 1.82) is 0 Å². The van der Waals surface area contributed by atoms with Gasteiger partial charge in [0, 0.05) is 22.1 Å². The standard InChI is InChI=1S/C21H18BrN5O3/c1-28-12-5-7-15(17(10-12)29-2)27-20-18(23)21(26-11-25-20)30-16-8-6-14(22)13-4-3-9-24-19(13)16/h3-11H,23H2,1-2H3,(H,25,26,27). The van der Waals surface area contributed by atoms with Crippen molar-refractivity contribution in [3.05, 3.63) is 59.5 Å². The Morgan fingerprint density at radius 2 is 1.83 bits per heavy atom. The highest BCUT2D eigenvalue weighted by Crippen LogP contribution is 2.37. The van der Waals surface area contributed by atoms with Crippen LogP contribution < -0.4 is 25.3 Å². The van der Waals surface area contributed by atoms with Gasteiger partial charge in [-0.25, -0.2) is 4.98 Å². The number of aromatic nitrogens is 3. The fourth-order valence-electron chi connectivity index (χ4n) is 2.89. The van der Waals surface area contributed by atoms with Crippen molar-refractivity contribution in [2.45, 2.75) is 0 Å². The predicted molar refractivity (Wildman–Crippen MR) is 119 cm³/mol. The molecule has 3 N–H and O–H groups in total. The number of rotatable bonds is 6. The van der Waals surface area contributed by atoms with Crippen molar-refractivity contribution in [3.8, 4) is 23.1 Å². The van der Waals surface area contributed by atoms with Gasteiger partial charge in [0.25, 0.3) is 0 Å². The third-order valence-electron chi connectivity index (χ3n) is 4.40. The molecule has 2 aromatic carbocycles. The second-order valence-electron chi connectivity index (χ2n) is 6.18. The molecule has 152 valence electrons. The van der Waals surface area contributed by atoms with Crippen molar-refractivity contribution in [1.82, 2.24) is 15.0 Å². The van der Waals surface area contributed by atoms with E-state index in [-0.39, 0.29) is 11.6 Å². The summed E-state index contributed by atoms with van der Waals surface area (Å²) in [5.74, 6) is 2.39. The minimum absolute atomic E-state index is 0.217. The Kier molecular flexibility index (Phi) is 5.53. The van der Waals surface area contributed by atoms with Crippen LogP contribution in [0.1, 0.15) is 0 Å². The normalized spacial score (nSPS) is 10.6. The number of methoxy groups -OCH3 is 2. The van der Waals surface area contributed by atoms with Crippen LogP contribution in [-0.4, -0.2) is 29.2 Å². The molecule has 2 heterocycles. The van der Waals surface area contributed by atoms with Gasteiger partial charge in [0.05, 0.1) is 19.9 Å². The summed E-state index contributed by atoms with van der Waals surface area (Å²) in [6, 6.07) is 12.9. The van der Waals surface area contributed by atoms with Crippen LogP contribution in [0.5, 0.6) is 23.1 Å². The Hall–Kier alpha value is -3.59. The molecule has 8 nitrogen and oxygen atoms in total. The summed E-state index contributed by atoms with van der Waals surface area (Å²) in [6.45, 7) is 0. The molecule has 0 saturated carbocycles. The number of benzene rings is 2. The van der Waals surface area contributed by atoms with Crippen LogP contribution in [0.2, 0.25) is 0 Å². The quantitative estimate of drug-likeness (QED) is 0.411. The number of hydrogen-bond acceptors (Lipinski definition) is 8. The van der Waals surface area contributed by atoms with E-state index in [1.54, 1.807) is 38.6 Å². The molecule has 0 atom stereocenters. The molecule has 0 saturated heterocycles. The fraction of sp³-hybridized carbons (Fsp3) is 0.0952. The van der Waals surface area contributed by atoms with E-state index in [0.29, 0.717) is 34.3 Å². The topological polar surface area (TPSA) is 104 Å². The van der Waals surface area contributed by atoms with Crippen molar-refractivity contribution < 1.29 is 14.2 Å². The smallest absolute Gasteiger partial charge is 0.248 e. The molecule has 0 aliphatic carbocycles. The molecule has 0 radical (unpaired) electrons. The first-order valence-corrected chi connectivity index (χ1v) is 9.70. The van der Waals surface area contributed by atoms with Crippen molar-refractivity contribution in [2.24, 2.45) is 0 Å². The van der Waals surface area contributed by atoms with Gasteiger partial charge in [0.1, 0.15) is 29.0 Å². The molecule has 9 heteroatoms. The van der Waals surface area contributed by atoms with Crippen LogP contribution in [0.4, 0.5) is 17.2 Å². The largest absolute Gasteiger partial charge is 0.497 e. The molecular weight excluding hydrogens is 450 g/mol. The van der Waals surface area contributed by atoms with Gasteiger partial charge in [-0.2, -0.15) is 4.98 Å². The molecule has 0 unspecified atom stereocenters. The average molecular weight is 468 g/mol. The van der Waals surface area contributed by atoms with E-state index in [0.717, 1.165) is 9.86 Å². The lowest BCUT2D eigenvalue weighted by Crippen LogP contribution is -2.04. The summed E-state index contributed by atoms with van der Waals surface area (Å²) in [4.78, 5) is 12.8. The van der Waals surface area contributed by atoms with Crippen LogP contribution in [0.15, 0.2) is 59.5 Å². The average Bonchev–Trinajstić information content (AvgIpc) is 2.78. The maximum Gasteiger partial charge on any atom is 0.248 e. The van der Waals surface area contributed by atoms with Crippen LogP contribution in [0.25, 0.3) is 10.9 Å². The van der Waals surface area contributed by atoms with E-state index in [9.17, 15) is 0 Å². The van der Waals surface area contributed by atoms with Gasteiger partial charge in [-0.15, -0.1) is 0 Å². The third kappa shape index (κ3) is 3.79. The van der Waals surface area contributed by atoms with Gasteiger partial charge >= 0.3 is 0 Å². The van der Waals surface area contributed by atoms with Gasteiger partial charge in [-0.3, -0.25) is 4.98 Å². The Morgan fingerprint density at radius 1 is 0.967 bits per heavy atom. The highest BCUT2D eigenvalue weighted by atomic mass is 79.9. The van der Waals surface area contributed by atoms with Crippen molar-refractivity contribution in [2.75, 3.05) is 25.3 Å². The number of hydrogen-bond donors (Lipinski definition) is 2. The van der Waals surface area contributed by atoms with Gasteiger partial charge in [-0.1, -0.05) is 22.0 Å². The molecule has 0 aliphatic rings. The van der Waals surface area contributed by atoms with Gasteiger partial charge in [-0.05, 0) is 30.3 Å². The molecule has 0 fully saturated rings. The minimum atomic E-state index is 0.217. The van der Waals surface area contributed by atoms with Crippen LogP contribution in [0, 0.1) is 0 Å². The molecule has 4 rings (SSSR count). The first kappa shape index (κ1) is 19.7. The second-order valence-corrected chi connectivity index (χ2v) is 7.03. The number of fused-ring (bicyclic) bond motifs is 1. The highest BCUT2D eigenvalue weighted by molar-refractivity contribution is 9.10. The molecule has 0 amide bonds. The number of pyridine rings is 1. The van der Waals surface area contributed by atoms with Gasteiger partial charge in [0.15, 0.2) is 11.6 Å². The lowest BCUT2D eigenvalue weighted by Gasteiger charge is -2.15. The number of nitrogen functional groups attached to an aromatic ring is 1. The monoisotopic (exact) mass is 467 g/mol. The molecule has 30 heavy (non-hydrogen) atoms. The first-order chi connectivity index (χ1) is 14.6. The highest BCUT2D eigenvalue weighted by Gasteiger charge is 2.15. The van der Waals surface area contributed by atoms with Gasteiger partial charge in [0.2, 0.25) is 5.88 Å². The first-order valence-electron chi connectivity index (χ1n) is 8.91. The summed E-state index contributed by atoms with van der Waals surface area (Å²) in [6.07, 6.45) is 3.08. The van der Waals surface area contributed by atoms with E-state index in [1.807, 2.05) is 24.3 Å². The van der Waals surface area contributed by atoms with Crippen LogP contribution >= 0.6 is 15.9 Å². The maximum atomic E-state index is 6.29. The Balaban J connectivity index is 1.67. The second kappa shape index (κ2) is 8.42. The Labute approximate surface area is 181 Å². The molecular formula is C21H18BrN5O3. The summed E-state index contributed by atoms with van der Waals surface area (Å²) in [7, 11) is 3.16. The van der Waals surface area contributed by atoms with E-state index in [4.69, 9.17) is 19.9 Å². The Bertz CT molecular complexity index is 1220. The third-order valence-corrected chi connectivity index (χ3v) is 5.09. The number of anilines is 3. The molecule has 4 aromatic rings. The number of nitrogens with one attached hydrogen (secondary N) is 1. The van der Waals surface area contributed by atoms with Crippen LogP contribution in [0.3, 0.4) is 0 Å². The number of nitrogens with zero attached hydrogens (tertiary/aromatic N) is 3. The number of halogens is 1. The van der Waals surface area contributed by atoms with Crippen molar-refractivity contribution >= 4 is 44.0 Å². The van der Waals surface area contributed by atoms with E-state index in [2.05, 4.69) is 36.2 Å². The minimum Gasteiger partial charge on any atom is -0.497 e. The SMILES string of the molecule is COc1ccc(Nc2ncnc(Oc3ccc(Br)c4cccnc34)c2N)c(OC)c1. The number of nitrogens with two attached hydrogens (primary N) is 1. The molecule has 0 aliphatic heterocycles. The molecule has 0 bridgehead atoms. The fourth-order valence-corrected chi connectivity index (χ4v) is 3.34. The van der Waals surface area contributed by atoms with E-state index < -0.39 is 0 Å². The molecule has 0 spiro atoms. The van der Waals surface area contributed by atoms with E-state index >= 15 is 0 Å². The molecule has 2 aromatic heterocycles. The van der Waals surface area contributed by atoms with E-state index in [1.165, 1.54) is 6.33 Å². The van der Waals surface area contributed by atoms with Gasteiger partial charge < -0.3 is 25.3 Å². The summed E-state index contributed by atoms with van der Waals surface area (Å²) >= 11 is 3.53. The zero-order chi connectivity index (χ0) is 21.1. The summed E-state index contributed by atoms with van der Waals surface area (Å²) in [5.41, 5.74) is 7.91. The number of ether oxygens (including phenoxy) is 3. The summed E-state index contributed by atoms with van der Waals surface area (Å²) < 4.78 is 17.6. The lowest BCUT2D eigenvalue weighted by molar-refractivity contribution is 0.395. The lowest BCUT2D eigenvalue weighted by atomic mass is 10.2. The van der Waals surface area contributed by atoms with Crippen LogP contribution in [-0.2, 0) is 0 Å².